The van der Waals surface area contributed by atoms with E-state index in [1.165, 1.54) is 24.8 Å². The first kappa shape index (κ1) is 12.7. The molecule has 0 aliphatic heterocycles. The molecule has 1 N–H and O–H groups in total. The van der Waals surface area contributed by atoms with Gasteiger partial charge in [0.05, 0.1) is 19.4 Å². The van der Waals surface area contributed by atoms with E-state index in [0.29, 0.717) is 12.6 Å². The summed E-state index contributed by atoms with van der Waals surface area (Å²) >= 11 is 0. The molecule has 0 atom stereocenters. The zero-order valence-electron chi connectivity index (χ0n) is 10.9. The Morgan fingerprint density at radius 1 is 1.47 bits per heavy atom. The lowest BCUT2D eigenvalue weighted by Gasteiger charge is -2.08. The van der Waals surface area contributed by atoms with Crippen molar-refractivity contribution in [1.29, 1.82) is 0 Å². The summed E-state index contributed by atoms with van der Waals surface area (Å²) in [6.45, 7) is 6.61. The van der Waals surface area contributed by atoms with Gasteiger partial charge in [-0.1, -0.05) is 26.7 Å². The molecule has 0 amide bonds. The van der Waals surface area contributed by atoms with E-state index in [-0.39, 0.29) is 0 Å². The highest BCUT2D eigenvalue weighted by molar-refractivity contribution is 5.15. The molecule has 0 spiro atoms. The number of ether oxygens (including phenoxy) is 1. The minimum atomic E-state index is 0.476. The van der Waals surface area contributed by atoms with Crippen LogP contribution in [0.2, 0.25) is 0 Å². The summed E-state index contributed by atoms with van der Waals surface area (Å²) in [4.78, 5) is 0. The lowest BCUT2D eigenvalue weighted by atomic mass is 10.2. The third kappa shape index (κ3) is 4.52. The summed E-state index contributed by atoms with van der Waals surface area (Å²) in [7, 11) is 0. The molecule has 0 unspecified atom stereocenters. The lowest BCUT2D eigenvalue weighted by molar-refractivity contribution is 0.114. The zero-order chi connectivity index (χ0) is 12.1. The van der Waals surface area contributed by atoms with Gasteiger partial charge in [0.1, 0.15) is 5.76 Å². The smallest absolute Gasteiger partial charge is 0.123 e. The van der Waals surface area contributed by atoms with Crippen LogP contribution in [0.3, 0.4) is 0 Å². The maximum absolute atomic E-state index is 5.69. The second-order valence-electron chi connectivity index (χ2n) is 5.19. The van der Waals surface area contributed by atoms with Gasteiger partial charge < -0.3 is 14.5 Å². The second-order valence-corrected chi connectivity index (χ2v) is 5.19. The number of furan rings is 1. The monoisotopic (exact) mass is 237 g/mol. The molecule has 0 bridgehead atoms. The normalized spacial score (nSPS) is 15.7. The van der Waals surface area contributed by atoms with Gasteiger partial charge in [0.2, 0.25) is 0 Å². The number of hydrogen-bond donors (Lipinski definition) is 1. The van der Waals surface area contributed by atoms with E-state index in [1.807, 2.05) is 6.07 Å². The fourth-order valence-electron chi connectivity index (χ4n) is 1.79. The molecule has 1 aliphatic rings. The number of hydrogen-bond acceptors (Lipinski definition) is 3. The summed E-state index contributed by atoms with van der Waals surface area (Å²) in [5, 5.41) is 3.36. The molecule has 17 heavy (non-hydrogen) atoms. The summed E-state index contributed by atoms with van der Waals surface area (Å²) in [6, 6.07) is 2.48. The van der Waals surface area contributed by atoms with Gasteiger partial charge in [0.15, 0.2) is 0 Å². The fourth-order valence-corrected chi connectivity index (χ4v) is 1.79. The summed E-state index contributed by atoms with van der Waals surface area (Å²) < 4.78 is 11.2. The van der Waals surface area contributed by atoms with E-state index in [0.717, 1.165) is 24.8 Å². The third-order valence-corrected chi connectivity index (χ3v) is 3.13. The highest BCUT2D eigenvalue weighted by atomic mass is 16.5. The van der Waals surface area contributed by atoms with Gasteiger partial charge in [-0.15, -0.1) is 0 Å². The van der Waals surface area contributed by atoms with Crippen LogP contribution in [0.25, 0.3) is 0 Å². The van der Waals surface area contributed by atoms with Gasteiger partial charge >= 0.3 is 0 Å². The molecule has 1 heterocycles. The van der Waals surface area contributed by atoms with E-state index in [9.17, 15) is 0 Å². The first-order valence-corrected chi connectivity index (χ1v) is 6.62. The van der Waals surface area contributed by atoms with Gasteiger partial charge in [-0.3, -0.25) is 0 Å². The van der Waals surface area contributed by atoms with Gasteiger partial charge in [0, 0.05) is 18.2 Å². The Hall–Kier alpha value is -0.800. The average Bonchev–Trinajstić information content (AvgIpc) is 3.01. The van der Waals surface area contributed by atoms with E-state index >= 15 is 0 Å². The molecule has 2 rings (SSSR count). The van der Waals surface area contributed by atoms with Crippen LogP contribution >= 0.6 is 0 Å². The molecule has 96 valence electrons. The van der Waals surface area contributed by atoms with Gasteiger partial charge in [-0.05, 0) is 18.4 Å². The van der Waals surface area contributed by atoms with E-state index in [1.54, 1.807) is 6.26 Å². The van der Waals surface area contributed by atoms with Crippen LogP contribution in [0.1, 0.15) is 44.4 Å². The van der Waals surface area contributed by atoms with Crippen molar-refractivity contribution in [3.63, 3.8) is 0 Å². The van der Waals surface area contributed by atoms with Crippen LogP contribution < -0.4 is 5.32 Å². The third-order valence-electron chi connectivity index (χ3n) is 3.13. The first-order valence-electron chi connectivity index (χ1n) is 6.62. The SMILES string of the molecule is CC(C)NCc1occc1COCCC1CC1. The van der Waals surface area contributed by atoms with Crippen molar-refractivity contribution in [1.82, 2.24) is 5.32 Å². The summed E-state index contributed by atoms with van der Waals surface area (Å²) in [6.07, 6.45) is 5.77. The van der Waals surface area contributed by atoms with Crippen LogP contribution in [0.15, 0.2) is 16.7 Å². The first-order chi connectivity index (χ1) is 8.25. The van der Waals surface area contributed by atoms with Gasteiger partial charge in [-0.25, -0.2) is 0 Å². The van der Waals surface area contributed by atoms with E-state index < -0.39 is 0 Å². The second kappa shape index (κ2) is 6.22. The van der Waals surface area contributed by atoms with Crippen molar-refractivity contribution in [2.45, 2.75) is 52.3 Å². The lowest BCUT2D eigenvalue weighted by Crippen LogP contribution is -2.22. The number of nitrogens with one attached hydrogen (secondary N) is 1. The van der Waals surface area contributed by atoms with Crippen molar-refractivity contribution in [3.05, 3.63) is 23.7 Å². The van der Waals surface area contributed by atoms with Crippen molar-refractivity contribution in [3.8, 4) is 0 Å². The Morgan fingerprint density at radius 2 is 2.29 bits per heavy atom. The minimum Gasteiger partial charge on any atom is -0.468 e. The predicted molar refractivity (Wildman–Crippen MR) is 67.7 cm³/mol. The molecular weight excluding hydrogens is 214 g/mol. The summed E-state index contributed by atoms with van der Waals surface area (Å²) in [5.41, 5.74) is 1.17. The Labute approximate surface area is 104 Å². The molecule has 1 aromatic heterocycles. The van der Waals surface area contributed by atoms with Crippen LogP contribution in [0.4, 0.5) is 0 Å². The molecule has 1 aliphatic carbocycles. The average molecular weight is 237 g/mol. The maximum atomic E-state index is 5.69. The van der Waals surface area contributed by atoms with Crippen molar-refractivity contribution >= 4 is 0 Å². The van der Waals surface area contributed by atoms with Crippen LogP contribution in [0.5, 0.6) is 0 Å². The highest BCUT2D eigenvalue weighted by Crippen LogP contribution is 2.32. The number of rotatable bonds is 8. The van der Waals surface area contributed by atoms with Crippen molar-refractivity contribution in [2.24, 2.45) is 5.92 Å². The minimum absolute atomic E-state index is 0.476. The largest absolute Gasteiger partial charge is 0.468 e. The Morgan fingerprint density at radius 3 is 3.00 bits per heavy atom. The van der Waals surface area contributed by atoms with Crippen molar-refractivity contribution in [2.75, 3.05) is 6.61 Å². The van der Waals surface area contributed by atoms with Crippen LogP contribution in [-0.2, 0) is 17.9 Å². The van der Waals surface area contributed by atoms with Crippen LogP contribution in [0, 0.1) is 5.92 Å². The molecule has 3 heteroatoms. The topological polar surface area (TPSA) is 34.4 Å². The molecule has 0 radical (unpaired) electrons. The van der Waals surface area contributed by atoms with Crippen molar-refractivity contribution < 1.29 is 9.15 Å². The Bertz CT molecular complexity index is 329. The fraction of sp³-hybridized carbons (Fsp3) is 0.714. The highest BCUT2D eigenvalue weighted by Gasteiger charge is 2.20. The van der Waals surface area contributed by atoms with E-state index in [4.69, 9.17) is 9.15 Å². The summed E-state index contributed by atoms with van der Waals surface area (Å²) in [5.74, 6) is 1.95. The predicted octanol–water partition coefficient (Wildman–Crippen LogP) is 3.09. The molecule has 1 fully saturated rings. The molecule has 0 aromatic carbocycles. The standard InChI is InChI=1S/C14H23NO2/c1-11(2)15-9-14-13(6-8-17-14)10-16-7-5-12-3-4-12/h6,8,11-12,15H,3-5,7,9-10H2,1-2H3. The van der Waals surface area contributed by atoms with Crippen LogP contribution in [-0.4, -0.2) is 12.6 Å². The Kier molecular flexibility index (Phi) is 4.63. The molecule has 1 aromatic rings. The maximum Gasteiger partial charge on any atom is 0.123 e. The van der Waals surface area contributed by atoms with Gasteiger partial charge in [-0.2, -0.15) is 0 Å². The Balaban J connectivity index is 1.69. The molecule has 3 nitrogen and oxygen atoms in total. The quantitative estimate of drug-likeness (QED) is 0.705. The van der Waals surface area contributed by atoms with Gasteiger partial charge in [0.25, 0.3) is 0 Å². The molecular formula is C14H23NO2. The molecule has 0 saturated heterocycles. The molecule has 1 saturated carbocycles. The zero-order valence-corrected chi connectivity index (χ0v) is 10.9. The van der Waals surface area contributed by atoms with E-state index in [2.05, 4.69) is 19.2 Å².